The fourth-order valence-corrected chi connectivity index (χ4v) is 3.55. The van der Waals surface area contributed by atoms with E-state index in [2.05, 4.69) is 10.2 Å². The van der Waals surface area contributed by atoms with Crippen molar-refractivity contribution >= 4 is 17.2 Å². The Balaban J connectivity index is 1.39. The first kappa shape index (κ1) is 15.8. The second-order valence-electron chi connectivity index (χ2n) is 6.40. The molecule has 0 unspecified atom stereocenters. The summed E-state index contributed by atoms with van der Waals surface area (Å²) in [5.41, 5.74) is 2.40. The molecule has 1 saturated carbocycles. The van der Waals surface area contributed by atoms with Gasteiger partial charge in [0.15, 0.2) is 0 Å². The Labute approximate surface area is 144 Å². The summed E-state index contributed by atoms with van der Waals surface area (Å²) in [6.45, 7) is 3.10. The van der Waals surface area contributed by atoms with Crippen LogP contribution in [0.4, 0.5) is 0 Å². The average Bonchev–Trinajstić information content (AvgIpc) is 3.09. The van der Waals surface area contributed by atoms with Crippen molar-refractivity contribution in [2.24, 2.45) is 5.92 Å². The number of aromatic amines is 1. The molecule has 1 saturated heterocycles. The summed E-state index contributed by atoms with van der Waals surface area (Å²) in [6.07, 6.45) is 4.13. The number of ether oxygens (including phenoxy) is 2. The zero-order valence-corrected chi connectivity index (χ0v) is 14.3. The molecule has 2 aromatic rings. The second kappa shape index (κ2) is 7.04. The predicted octanol–water partition coefficient (Wildman–Crippen LogP) is 2.41. The summed E-state index contributed by atoms with van der Waals surface area (Å²) in [7, 11) is 0. The molecule has 1 atom stereocenters. The summed E-state index contributed by atoms with van der Waals surface area (Å²) >= 11 is 1.60. The Bertz CT molecular complexity index is 681. The fraction of sp³-hybridized carbons (Fsp3) is 0.529. The van der Waals surface area contributed by atoms with Gasteiger partial charge in [0.05, 0.1) is 36.8 Å². The maximum absolute atomic E-state index is 12.9. The van der Waals surface area contributed by atoms with E-state index >= 15 is 0 Å². The molecule has 0 radical (unpaired) electrons. The molecule has 2 fully saturated rings. The van der Waals surface area contributed by atoms with Crippen LogP contribution >= 0.6 is 11.3 Å². The van der Waals surface area contributed by atoms with Gasteiger partial charge >= 0.3 is 0 Å². The van der Waals surface area contributed by atoms with Gasteiger partial charge < -0.3 is 14.4 Å². The highest BCUT2D eigenvalue weighted by Crippen LogP contribution is 2.29. The third-order valence-electron chi connectivity index (χ3n) is 4.46. The molecule has 0 spiro atoms. The van der Waals surface area contributed by atoms with Gasteiger partial charge in [0.2, 0.25) is 0 Å². The van der Waals surface area contributed by atoms with Gasteiger partial charge in [0.25, 0.3) is 5.91 Å². The number of rotatable bonds is 6. The molecule has 2 aromatic heterocycles. The number of thiophene rings is 1. The second-order valence-corrected chi connectivity index (χ2v) is 7.18. The number of hydrogen-bond donors (Lipinski definition) is 1. The summed E-state index contributed by atoms with van der Waals surface area (Å²) in [5.74, 6) is 0.742. The Kier molecular flexibility index (Phi) is 4.64. The van der Waals surface area contributed by atoms with E-state index in [-0.39, 0.29) is 12.0 Å². The van der Waals surface area contributed by atoms with Crippen LogP contribution in [0.3, 0.4) is 0 Å². The zero-order valence-electron chi connectivity index (χ0n) is 13.4. The van der Waals surface area contributed by atoms with E-state index in [1.165, 1.54) is 12.8 Å². The van der Waals surface area contributed by atoms with Crippen molar-refractivity contribution in [2.45, 2.75) is 18.9 Å². The maximum atomic E-state index is 12.9. The highest BCUT2D eigenvalue weighted by atomic mass is 32.1. The fourth-order valence-electron chi connectivity index (χ4n) is 2.90. The lowest BCUT2D eigenvalue weighted by Crippen LogP contribution is -2.47. The number of amides is 1. The molecule has 4 rings (SSSR count). The molecule has 1 aliphatic heterocycles. The first-order valence-electron chi connectivity index (χ1n) is 8.36. The third-order valence-corrected chi connectivity index (χ3v) is 5.14. The molecule has 1 N–H and O–H groups in total. The topological polar surface area (TPSA) is 67.5 Å². The molecule has 0 aromatic carbocycles. The van der Waals surface area contributed by atoms with Gasteiger partial charge in [0, 0.05) is 30.6 Å². The SMILES string of the molecule is O=C(c1cn[nH]c1-c1ccsc1)N1CCO[C@H](COCC2CC2)C1. The lowest BCUT2D eigenvalue weighted by Gasteiger charge is -2.32. The number of H-pyrrole nitrogens is 1. The van der Waals surface area contributed by atoms with Crippen LogP contribution in [-0.4, -0.2) is 60.0 Å². The Morgan fingerprint density at radius 1 is 1.46 bits per heavy atom. The molecule has 1 amide bonds. The first-order chi connectivity index (χ1) is 11.8. The Morgan fingerprint density at radius 3 is 3.17 bits per heavy atom. The van der Waals surface area contributed by atoms with Gasteiger partial charge in [-0.3, -0.25) is 9.89 Å². The maximum Gasteiger partial charge on any atom is 0.257 e. The van der Waals surface area contributed by atoms with Gasteiger partial charge in [-0.1, -0.05) is 0 Å². The number of nitrogens with one attached hydrogen (secondary N) is 1. The minimum absolute atomic E-state index is 0.000410. The number of carbonyl (C=O) groups is 1. The van der Waals surface area contributed by atoms with Crippen molar-refractivity contribution in [3.63, 3.8) is 0 Å². The highest BCUT2D eigenvalue weighted by Gasteiger charge is 2.28. The van der Waals surface area contributed by atoms with Crippen molar-refractivity contribution in [2.75, 3.05) is 32.9 Å². The van der Waals surface area contributed by atoms with E-state index < -0.39 is 0 Å². The van der Waals surface area contributed by atoms with Crippen molar-refractivity contribution in [1.29, 1.82) is 0 Å². The van der Waals surface area contributed by atoms with E-state index in [0.29, 0.717) is 31.9 Å². The van der Waals surface area contributed by atoms with Crippen molar-refractivity contribution < 1.29 is 14.3 Å². The van der Waals surface area contributed by atoms with Gasteiger partial charge in [-0.25, -0.2) is 0 Å². The van der Waals surface area contributed by atoms with E-state index in [1.54, 1.807) is 17.5 Å². The number of hydrogen-bond acceptors (Lipinski definition) is 5. The van der Waals surface area contributed by atoms with Crippen LogP contribution in [0.15, 0.2) is 23.0 Å². The van der Waals surface area contributed by atoms with Crippen LogP contribution in [0.5, 0.6) is 0 Å². The largest absolute Gasteiger partial charge is 0.378 e. The predicted molar refractivity (Wildman–Crippen MR) is 91.1 cm³/mol. The minimum atomic E-state index is -0.0436. The van der Waals surface area contributed by atoms with E-state index in [9.17, 15) is 4.79 Å². The molecule has 128 valence electrons. The standard InChI is InChI=1S/C17H21N3O3S/c21-17(15-7-18-19-16(15)13-3-6-24-11-13)20-4-5-23-14(8-20)10-22-9-12-1-2-12/h3,6-7,11-12,14H,1-2,4-5,8-10H2,(H,18,19)/t14-/m0/s1. The number of aromatic nitrogens is 2. The first-order valence-corrected chi connectivity index (χ1v) is 9.30. The lowest BCUT2D eigenvalue weighted by molar-refractivity contribution is -0.0628. The van der Waals surface area contributed by atoms with E-state index in [0.717, 1.165) is 23.8 Å². The number of morpholine rings is 1. The van der Waals surface area contributed by atoms with Crippen LogP contribution < -0.4 is 0 Å². The summed E-state index contributed by atoms with van der Waals surface area (Å²) < 4.78 is 11.5. The Morgan fingerprint density at radius 2 is 2.38 bits per heavy atom. The molecule has 3 heterocycles. The summed E-state index contributed by atoms with van der Waals surface area (Å²) in [6, 6.07) is 1.99. The number of carbonyl (C=O) groups excluding carboxylic acids is 1. The van der Waals surface area contributed by atoms with Gasteiger partial charge in [-0.2, -0.15) is 16.4 Å². The van der Waals surface area contributed by atoms with Crippen LogP contribution in [0, 0.1) is 5.92 Å². The molecular weight excluding hydrogens is 326 g/mol. The highest BCUT2D eigenvalue weighted by molar-refractivity contribution is 7.08. The normalized spacial score (nSPS) is 21.2. The molecule has 24 heavy (non-hydrogen) atoms. The lowest BCUT2D eigenvalue weighted by atomic mass is 10.1. The van der Waals surface area contributed by atoms with Crippen LogP contribution in [0.2, 0.25) is 0 Å². The van der Waals surface area contributed by atoms with Crippen LogP contribution in [0.1, 0.15) is 23.2 Å². The molecule has 7 heteroatoms. The Hall–Kier alpha value is -1.70. The molecule has 0 bridgehead atoms. The van der Waals surface area contributed by atoms with Crippen LogP contribution in [-0.2, 0) is 9.47 Å². The summed E-state index contributed by atoms with van der Waals surface area (Å²) in [4.78, 5) is 14.7. The van der Waals surface area contributed by atoms with E-state index in [1.807, 2.05) is 21.7 Å². The molecule has 2 aliphatic rings. The molecule has 1 aliphatic carbocycles. The molecular formula is C17H21N3O3S. The van der Waals surface area contributed by atoms with Gasteiger partial charge in [0.1, 0.15) is 0 Å². The quantitative estimate of drug-likeness (QED) is 0.871. The summed E-state index contributed by atoms with van der Waals surface area (Å²) in [5, 5.41) is 11.0. The van der Waals surface area contributed by atoms with Crippen molar-refractivity contribution in [3.8, 4) is 11.3 Å². The minimum Gasteiger partial charge on any atom is -0.378 e. The number of nitrogens with zero attached hydrogens (tertiary/aromatic N) is 2. The van der Waals surface area contributed by atoms with Crippen molar-refractivity contribution in [3.05, 3.63) is 28.6 Å². The molecule has 6 nitrogen and oxygen atoms in total. The van der Waals surface area contributed by atoms with E-state index in [4.69, 9.17) is 9.47 Å². The van der Waals surface area contributed by atoms with Gasteiger partial charge in [-0.15, -0.1) is 0 Å². The smallest absolute Gasteiger partial charge is 0.257 e. The third kappa shape index (κ3) is 3.53. The monoisotopic (exact) mass is 347 g/mol. The van der Waals surface area contributed by atoms with Crippen molar-refractivity contribution in [1.82, 2.24) is 15.1 Å². The zero-order chi connectivity index (χ0) is 16.4. The average molecular weight is 347 g/mol. The van der Waals surface area contributed by atoms with Crippen LogP contribution in [0.25, 0.3) is 11.3 Å². The van der Waals surface area contributed by atoms with Gasteiger partial charge in [-0.05, 0) is 30.2 Å².